The first-order valence-corrected chi connectivity index (χ1v) is 9.80. The molecular weight excluding hydrogens is 334 g/mol. The third kappa shape index (κ3) is 8.45. The standard InChI is InChI=1S/C20H31NO3S/c1-15(2)12-18(21-25(23)20(4,5)6)16(3)13-19(22)24-14-17-10-8-7-9-11-17/h7-11,15,18,21H,3,12-14H2,1-2,4-6H3/t18-,25+/m0/s1. The number of hydrogen-bond donors (Lipinski definition) is 1. The first-order valence-electron chi connectivity index (χ1n) is 8.65. The number of ether oxygens (including phenoxy) is 1. The quantitative estimate of drug-likeness (QED) is 0.528. The van der Waals surface area contributed by atoms with E-state index in [4.69, 9.17) is 4.74 Å². The molecule has 0 heterocycles. The molecule has 0 aliphatic carbocycles. The second-order valence-corrected chi connectivity index (χ2v) is 9.66. The van der Waals surface area contributed by atoms with Gasteiger partial charge in [-0.25, -0.2) is 8.93 Å². The monoisotopic (exact) mass is 365 g/mol. The molecule has 0 unspecified atom stereocenters. The molecule has 1 N–H and O–H groups in total. The van der Waals surface area contributed by atoms with Gasteiger partial charge in [-0.05, 0) is 44.2 Å². The highest BCUT2D eigenvalue weighted by atomic mass is 32.2. The molecule has 0 aromatic heterocycles. The molecule has 1 aromatic rings. The van der Waals surface area contributed by atoms with E-state index in [0.717, 1.165) is 12.0 Å². The molecule has 0 amide bonds. The molecule has 5 heteroatoms. The number of benzene rings is 1. The Morgan fingerprint density at radius 2 is 1.84 bits per heavy atom. The van der Waals surface area contributed by atoms with Gasteiger partial charge in [0.05, 0.1) is 22.2 Å². The molecule has 4 nitrogen and oxygen atoms in total. The van der Waals surface area contributed by atoms with Crippen LogP contribution in [-0.4, -0.2) is 21.0 Å². The summed E-state index contributed by atoms with van der Waals surface area (Å²) in [5, 5.41) is 0. The van der Waals surface area contributed by atoms with E-state index in [2.05, 4.69) is 25.1 Å². The van der Waals surface area contributed by atoms with Crippen molar-refractivity contribution in [1.29, 1.82) is 0 Å². The fourth-order valence-corrected chi connectivity index (χ4v) is 3.05. The van der Waals surface area contributed by atoms with Crippen molar-refractivity contribution < 1.29 is 13.7 Å². The molecule has 0 aliphatic rings. The van der Waals surface area contributed by atoms with Gasteiger partial charge in [0.1, 0.15) is 6.61 Å². The summed E-state index contributed by atoms with van der Waals surface area (Å²) in [4.78, 5) is 12.1. The molecule has 0 saturated carbocycles. The van der Waals surface area contributed by atoms with Crippen molar-refractivity contribution in [3.63, 3.8) is 0 Å². The van der Waals surface area contributed by atoms with E-state index >= 15 is 0 Å². The van der Waals surface area contributed by atoms with Gasteiger partial charge in [0.2, 0.25) is 0 Å². The lowest BCUT2D eigenvalue weighted by Gasteiger charge is -2.26. The number of esters is 1. The summed E-state index contributed by atoms with van der Waals surface area (Å²) < 4.78 is 20.5. The zero-order chi connectivity index (χ0) is 19.0. The predicted molar refractivity (Wildman–Crippen MR) is 104 cm³/mol. The van der Waals surface area contributed by atoms with Crippen LogP contribution in [0.15, 0.2) is 42.5 Å². The highest BCUT2D eigenvalue weighted by Gasteiger charge is 2.25. The van der Waals surface area contributed by atoms with Gasteiger partial charge in [0.25, 0.3) is 0 Å². The van der Waals surface area contributed by atoms with Crippen LogP contribution in [0, 0.1) is 5.92 Å². The van der Waals surface area contributed by atoms with Crippen molar-refractivity contribution in [3.05, 3.63) is 48.0 Å². The topological polar surface area (TPSA) is 55.4 Å². The van der Waals surface area contributed by atoms with Crippen molar-refractivity contribution >= 4 is 17.0 Å². The van der Waals surface area contributed by atoms with E-state index in [1.807, 2.05) is 51.1 Å². The van der Waals surface area contributed by atoms with Gasteiger partial charge < -0.3 is 4.74 Å². The molecule has 140 valence electrons. The maximum atomic E-state index is 12.4. The summed E-state index contributed by atoms with van der Waals surface area (Å²) in [6.07, 6.45) is 0.894. The van der Waals surface area contributed by atoms with Gasteiger partial charge in [0.15, 0.2) is 0 Å². The van der Waals surface area contributed by atoms with E-state index < -0.39 is 11.0 Å². The van der Waals surface area contributed by atoms with Gasteiger partial charge in [-0.15, -0.1) is 0 Å². The van der Waals surface area contributed by atoms with Gasteiger partial charge >= 0.3 is 5.97 Å². The van der Waals surface area contributed by atoms with Crippen LogP contribution >= 0.6 is 0 Å². The van der Waals surface area contributed by atoms with Crippen molar-refractivity contribution in [2.75, 3.05) is 0 Å². The molecule has 0 radical (unpaired) electrons. The van der Waals surface area contributed by atoms with Crippen LogP contribution in [-0.2, 0) is 27.1 Å². The Bertz CT molecular complexity index is 591. The molecule has 0 aliphatic heterocycles. The van der Waals surface area contributed by atoms with Crippen molar-refractivity contribution in [3.8, 4) is 0 Å². The highest BCUT2D eigenvalue weighted by Crippen LogP contribution is 2.19. The van der Waals surface area contributed by atoms with Gasteiger partial charge in [-0.3, -0.25) is 4.79 Å². The smallest absolute Gasteiger partial charge is 0.310 e. The van der Waals surface area contributed by atoms with Crippen LogP contribution in [0.1, 0.15) is 53.0 Å². The average Bonchev–Trinajstić information content (AvgIpc) is 2.51. The Balaban J connectivity index is 2.61. The highest BCUT2D eigenvalue weighted by molar-refractivity contribution is 7.84. The fourth-order valence-electron chi connectivity index (χ4n) is 2.17. The molecule has 0 spiro atoms. The van der Waals surface area contributed by atoms with Crippen molar-refractivity contribution in [1.82, 2.24) is 4.72 Å². The predicted octanol–water partition coefficient (Wildman–Crippen LogP) is 4.14. The number of hydrogen-bond acceptors (Lipinski definition) is 3. The van der Waals surface area contributed by atoms with Gasteiger partial charge in [-0.1, -0.05) is 50.8 Å². The van der Waals surface area contributed by atoms with Crippen LogP contribution < -0.4 is 4.72 Å². The minimum absolute atomic E-state index is 0.124. The van der Waals surface area contributed by atoms with E-state index in [-0.39, 0.29) is 29.8 Å². The number of carbonyl (C=O) groups excluding carboxylic acids is 1. The lowest BCUT2D eigenvalue weighted by molar-refractivity contribution is -0.144. The first kappa shape index (κ1) is 21.6. The second-order valence-electron chi connectivity index (χ2n) is 7.66. The summed E-state index contributed by atoms with van der Waals surface area (Å²) in [7, 11) is -1.22. The van der Waals surface area contributed by atoms with Crippen LogP contribution in [0.3, 0.4) is 0 Å². The fraction of sp³-hybridized carbons (Fsp3) is 0.550. The summed E-state index contributed by atoms with van der Waals surface area (Å²) in [5.41, 5.74) is 1.66. The van der Waals surface area contributed by atoms with Crippen LogP contribution in [0.5, 0.6) is 0 Å². The lowest BCUT2D eigenvalue weighted by Crippen LogP contribution is -2.41. The Labute approximate surface area is 154 Å². The third-order valence-corrected chi connectivity index (χ3v) is 5.23. The Morgan fingerprint density at radius 1 is 1.24 bits per heavy atom. The molecule has 25 heavy (non-hydrogen) atoms. The van der Waals surface area contributed by atoms with Crippen LogP contribution in [0.25, 0.3) is 0 Å². The second kappa shape index (κ2) is 9.88. The first-order chi connectivity index (χ1) is 11.6. The molecule has 2 atom stereocenters. The molecule has 1 aromatic carbocycles. The van der Waals surface area contributed by atoms with E-state index in [1.165, 1.54) is 0 Å². The molecule has 0 saturated heterocycles. The van der Waals surface area contributed by atoms with Crippen LogP contribution in [0.2, 0.25) is 0 Å². The molecule has 1 rings (SSSR count). The number of carbonyl (C=O) groups is 1. The lowest BCUT2D eigenvalue weighted by atomic mass is 9.97. The minimum Gasteiger partial charge on any atom is -0.461 e. The molecule has 0 bridgehead atoms. The molecular formula is C20H31NO3S. The average molecular weight is 366 g/mol. The molecule has 0 fully saturated rings. The van der Waals surface area contributed by atoms with Crippen molar-refractivity contribution in [2.24, 2.45) is 5.92 Å². The van der Waals surface area contributed by atoms with E-state index in [1.54, 1.807) is 0 Å². The Kier molecular flexibility index (Phi) is 8.53. The summed E-state index contributed by atoms with van der Waals surface area (Å²) >= 11 is 0. The maximum absolute atomic E-state index is 12.4. The third-order valence-electron chi connectivity index (χ3n) is 3.62. The zero-order valence-electron chi connectivity index (χ0n) is 16.0. The van der Waals surface area contributed by atoms with Crippen LogP contribution in [0.4, 0.5) is 0 Å². The van der Waals surface area contributed by atoms with E-state index in [0.29, 0.717) is 11.5 Å². The summed E-state index contributed by atoms with van der Waals surface area (Å²) in [6, 6.07) is 9.39. The Morgan fingerprint density at radius 3 is 2.36 bits per heavy atom. The summed E-state index contributed by atoms with van der Waals surface area (Å²) in [6.45, 7) is 14.2. The van der Waals surface area contributed by atoms with Crippen molar-refractivity contribution in [2.45, 2.75) is 64.9 Å². The van der Waals surface area contributed by atoms with E-state index in [9.17, 15) is 9.00 Å². The summed E-state index contributed by atoms with van der Waals surface area (Å²) in [5.74, 6) is 0.0810. The number of nitrogens with one attached hydrogen (secondary N) is 1. The SMILES string of the molecule is C=C(CC(=O)OCc1ccccc1)[C@H](CC(C)C)N[S@](=O)C(C)(C)C. The minimum atomic E-state index is -1.22. The maximum Gasteiger partial charge on any atom is 0.310 e. The largest absolute Gasteiger partial charge is 0.461 e. The zero-order valence-corrected chi connectivity index (χ0v) is 16.8. The van der Waals surface area contributed by atoms with Gasteiger partial charge in [-0.2, -0.15) is 0 Å². The normalized spacial score (nSPS) is 14.2. The van der Waals surface area contributed by atoms with Gasteiger partial charge in [0, 0.05) is 6.04 Å². The Hall–Kier alpha value is -1.46. The number of rotatable bonds is 9.